The van der Waals surface area contributed by atoms with E-state index < -0.39 is 0 Å². The maximum atomic E-state index is 5.43. The molecule has 4 nitrogen and oxygen atoms in total. The van der Waals surface area contributed by atoms with Crippen LogP contribution >= 0.6 is 0 Å². The quantitative estimate of drug-likeness (QED) is 0.713. The number of aryl methyl sites for hydroxylation is 2. The van der Waals surface area contributed by atoms with Gasteiger partial charge in [0, 0.05) is 13.1 Å². The first kappa shape index (κ1) is 11.2. The summed E-state index contributed by atoms with van der Waals surface area (Å²) in [5.41, 5.74) is 0.981. The second-order valence-corrected chi connectivity index (χ2v) is 3.73. The van der Waals surface area contributed by atoms with E-state index >= 15 is 0 Å². The summed E-state index contributed by atoms with van der Waals surface area (Å²) in [6.45, 7) is 6.59. The molecular formula is C10H19N3O. The van der Waals surface area contributed by atoms with Gasteiger partial charge in [-0.1, -0.05) is 0 Å². The number of hydrogen-bond donors (Lipinski definition) is 1. The first-order chi connectivity index (χ1) is 6.59. The summed E-state index contributed by atoms with van der Waals surface area (Å²) in [6.07, 6.45) is 0. The van der Waals surface area contributed by atoms with Crippen molar-refractivity contribution in [2.45, 2.75) is 20.4 Å². The van der Waals surface area contributed by atoms with Gasteiger partial charge in [0.2, 0.25) is 5.89 Å². The minimum absolute atomic E-state index is 0.711. The Bertz CT molecular complexity index is 261. The molecule has 0 atom stereocenters. The van der Waals surface area contributed by atoms with Crippen LogP contribution in [0.1, 0.15) is 17.3 Å². The van der Waals surface area contributed by atoms with Crippen molar-refractivity contribution in [3.05, 3.63) is 17.3 Å². The SMILES string of the molecule is Cc1nc(CNCCN(C)C)oc1C. The second-order valence-electron chi connectivity index (χ2n) is 3.73. The lowest BCUT2D eigenvalue weighted by atomic mass is 10.4. The van der Waals surface area contributed by atoms with E-state index in [4.69, 9.17) is 4.42 Å². The van der Waals surface area contributed by atoms with Crippen molar-refractivity contribution < 1.29 is 4.42 Å². The minimum Gasteiger partial charge on any atom is -0.444 e. The van der Waals surface area contributed by atoms with E-state index in [1.165, 1.54) is 0 Å². The standard InChI is InChI=1S/C10H19N3O/c1-8-9(2)14-10(12-8)7-11-5-6-13(3)4/h11H,5-7H2,1-4H3. The summed E-state index contributed by atoms with van der Waals surface area (Å²) in [5, 5.41) is 3.28. The molecule has 0 aliphatic rings. The zero-order chi connectivity index (χ0) is 10.6. The summed E-state index contributed by atoms with van der Waals surface area (Å²) in [4.78, 5) is 6.42. The van der Waals surface area contributed by atoms with Gasteiger partial charge in [0.1, 0.15) is 5.76 Å². The van der Waals surface area contributed by atoms with Crippen LogP contribution < -0.4 is 5.32 Å². The monoisotopic (exact) mass is 197 g/mol. The highest BCUT2D eigenvalue weighted by Gasteiger charge is 2.03. The third-order valence-electron chi connectivity index (χ3n) is 2.08. The molecule has 0 aromatic carbocycles. The maximum absolute atomic E-state index is 5.43. The number of nitrogens with one attached hydrogen (secondary N) is 1. The van der Waals surface area contributed by atoms with Gasteiger partial charge in [-0.3, -0.25) is 0 Å². The van der Waals surface area contributed by atoms with Crippen LogP contribution in [0, 0.1) is 13.8 Å². The fraction of sp³-hybridized carbons (Fsp3) is 0.700. The first-order valence-corrected chi connectivity index (χ1v) is 4.88. The van der Waals surface area contributed by atoms with Crippen LogP contribution in [0.15, 0.2) is 4.42 Å². The molecule has 1 aromatic rings. The van der Waals surface area contributed by atoms with E-state index in [-0.39, 0.29) is 0 Å². The molecule has 0 radical (unpaired) electrons. The zero-order valence-corrected chi connectivity index (χ0v) is 9.42. The number of oxazole rings is 1. The van der Waals surface area contributed by atoms with E-state index in [1.54, 1.807) is 0 Å². The van der Waals surface area contributed by atoms with Crippen molar-refractivity contribution in [1.82, 2.24) is 15.2 Å². The van der Waals surface area contributed by atoms with E-state index in [0.29, 0.717) is 6.54 Å². The largest absolute Gasteiger partial charge is 0.444 e. The smallest absolute Gasteiger partial charge is 0.208 e. The van der Waals surface area contributed by atoms with Crippen LogP contribution in [-0.2, 0) is 6.54 Å². The van der Waals surface area contributed by atoms with Gasteiger partial charge in [-0.05, 0) is 27.9 Å². The number of hydrogen-bond acceptors (Lipinski definition) is 4. The Hall–Kier alpha value is -0.870. The predicted molar refractivity (Wildman–Crippen MR) is 56.2 cm³/mol. The Morgan fingerprint density at radius 2 is 2.07 bits per heavy atom. The summed E-state index contributed by atoms with van der Waals surface area (Å²) < 4.78 is 5.43. The van der Waals surface area contributed by atoms with E-state index in [2.05, 4.69) is 29.3 Å². The summed E-state index contributed by atoms with van der Waals surface area (Å²) >= 11 is 0. The van der Waals surface area contributed by atoms with Crippen LogP contribution in [-0.4, -0.2) is 37.1 Å². The molecule has 0 aliphatic heterocycles. The van der Waals surface area contributed by atoms with Crippen LogP contribution in [0.5, 0.6) is 0 Å². The van der Waals surface area contributed by atoms with Crippen molar-refractivity contribution in [1.29, 1.82) is 0 Å². The van der Waals surface area contributed by atoms with E-state index in [0.717, 1.165) is 30.4 Å². The average molecular weight is 197 g/mol. The molecule has 0 saturated heterocycles. The molecule has 1 N–H and O–H groups in total. The predicted octanol–water partition coefficient (Wildman–Crippen LogP) is 0.943. The zero-order valence-electron chi connectivity index (χ0n) is 9.42. The molecular weight excluding hydrogens is 178 g/mol. The van der Waals surface area contributed by atoms with Gasteiger partial charge in [-0.15, -0.1) is 0 Å². The first-order valence-electron chi connectivity index (χ1n) is 4.88. The van der Waals surface area contributed by atoms with Crippen molar-refractivity contribution in [3.63, 3.8) is 0 Å². The van der Waals surface area contributed by atoms with Crippen molar-refractivity contribution in [2.24, 2.45) is 0 Å². The summed E-state index contributed by atoms with van der Waals surface area (Å²) in [6, 6.07) is 0. The van der Waals surface area contributed by atoms with Gasteiger partial charge >= 0.3 is 0 Å². The fourth-order valence-electron chi connectivity index (χ4n) is 1.11. The van der Waals surface area contributed by atoms with Gasteiger partial charge in [-0.25, -0.2) is 4.98 Å². The highest BCUT2D eigenvalue weighted by molar-refractivity contribution is 5.04. The average Bonchev–Trinajstić information content (AvgIpc) is 2.40. The van der Waals surface area contributed by atoms with Gasteiger partial charge in [-0.2, -0.15) is 0 Å². The third kappa shape index (κ3) is 3.47. The van der Waals surface area contributed by atoms with E-state index in [1.807, 2.05) is 13.8 Å². The Morgan fingerprint density at radius 1 is 1.36 bits per heavy atom. The van der Waals surface area contributed by atoms with Crippen LogP contribution in [0.2, 0.25) is 0 Å². The number of nitrogens with zero attached hydrogens (tertiary/aromatic N) is 2. The second kappa shape index (κ2) is 5.12. The minimum atomic E-state index is 0.711. The Balaban J connectivity index is 2.25. The molecule has 0 amide bonds. The Kier molecular flexibility index (Phi) is 4.10. The molecule has 0 aliphatic carbocycles. The van der Waals surface area contributed by atoms with Crippen molar-refractivity contribution >= 4 is 0 Å². The summed E-state index contributed by atoms with van der Waals surface area (Å²) in [7, 11) is 4.11. The highest BCUT2D eigenvalue weighted by atomic mass is 16.4. The molecule has 0 bridgehead atoms. The van der Waals surface area contributed by atoms with Crippen LogP contribution in [0.3, 0.4) is 0 Å². The van der Waals surface area contributed by atoms with Crippen molar-refractivity contribution in [3.8, 4) is 0 Å². The molecule has 0 unspecified atom stereocenters. The molecule has 0 fully saturated rings. The molecule has 1 rings (SSSR count). The molecule has 80 valence electrons. The van der Waals surface area contributed by atoms with Gasteiger partial charge in [0.05, 0.1) is 12.2 Å². The molecule has 0 spiro atoms. The van der Waals surface area contributed by atoms with Gasteiger partial charge in [0.25, 0.3) is 0 Å². The summed E-state index contributed by atoms with van der Waals surface area (Å²) in [5.74, 6) is 1.69. The Morgan fingerprint density at radius 3 is 2.57 bits per heavy atom. The fourth-order valence-corrected chi connectivity index (χ4v) is 1.11. The van der Waals surface area contributed by atoms with Gasteiger partial charge < -0.3 is 14.6 Å². The maximum Gasteiger partial charge on any atom is 0.208 e. The van der Waals surface area contributed by atoms with Crippen molar-refractivity contribution in [2.75, 3.05) is 27.2 Å². The highest BCUT2D eigenvalue weighted by Crippen LogP contribution is 2.07. The molecule has 1 aromatic heterocycles. The van der Waals surface area contributed by atoms with Crippen LogP contribution in [0.25, 0.3) is 0 Å². The lowest BCUT2D eigenvalue weighted by molar-refractivity contribution is 0.387. The van der Waals surface area contributed by atoms with Crippen LogP contribution in [0.4, 0.5) is 0 Å². The lowest BCUT2D eigenvalue weighted by Gasteiger charge is -2.08. The Labute approximate surface area is 85.3 Å². The number of rotatable bonds is 5. The van der Waals surface area contributed by atoms with E-state index in [9.17, 15) is 0 Å². The molecule has 0 saturated carbocycles. The number of aromatic nitrogens is 1. The topological polar surface area (TPSA) is 41.3 Å². The normalized spacial score (nSPS) is 11.2. The lowest BCUT2D eigenvalue weighted by Crippen LogP contribution is -2.26. The number of likely N-dealkylation sites (N-methyl/N-ethyl adjacent to an activating group) is 1. The molecule has 1 heterocycles. The van der Waals surface area contributed by atoms with Gasteiger partial charge in [0.15, 0.2) is 0 Å². The molecule has 4 heteroatoms. The molecule has 14 heavy (non-hydrogen) atoms. The third-order valence-corrected chi connectivity index (χ3v) is 2.08.